The molecule has 0 aromatic carbocycles. The summed E-state index contributed by atoms with van der Waals surface area (Å²) in [5.74, 6) is -0.366. The summed E-state index contributed by atoms with van der Waals surface area (Å²) in [6.07, 6.45) is 1.53. The molecule has 1 amide bonds. The zero-order chi connectivity index (χ0) is 13.7. The van der Waals surface area contributed by atoms with Crippen LogP contribution in [0.5, 0.6) is 0 Å². The maximum Gasteiger partial charge on any atom is 0.272 e. The fourth-order valence-corrected chi connectivity index (χ4v) is 1.49. The molecule has 0 aliphatic carbocycles. The van der Waals surface area contributed by atoms with Crippen LogP contribution in [0.25, 0.3) is 0 Å². The van der Waals surface area contributed by atoms with E-state index < -0.39 is 0 Å². The molecule has 98 valence electrons. The molecule has 1 aromatic rings. The van der Waals surface area contributed by atoms with Crippen molar-refractivity contribution in [3.63, 3.8) is 0 Å². The molecule has 1 aromatic heterocycles. The molecule has 0 bridgehead atoms. The van der Waals surface area contributed by atoms with E-state index in [2.05, 4.69) is 4.98 Å². The number of rotatable bonds is 5. The average molecular weight is 249 g/mol. The zero-order valence-corrected chi connectivity index (χ0v) is 11.3. The van der Waals surface area contributed by atoms with E-state index in [-0.39, 0.29) is 17.4 Å². The molecule has 0 saturated heterocycles. The lowest BCUT2D eigenvalue weighted by molar-refractivity contribution is 0.0775. The normalized spacial score (nSPS) is 10.5. The van der Waals surface area contributed by atoms with Crippen LogP contribution in [0.1, 0.15) is 27.8 Å². The molecule has 0 unspecified atom stereocenters. The number of likely N-dealkylation sites (N-methyl/N-ethyl adjacent to an activating group) is 2. The van der Waals surface area contributed by atoms with Crippen molar-refractivity contribution in [2.75, 3.05) is 34.2 Å². The van der Waals surface area contributed by atoms with E-state index >= 15 is 0 Å². The first-order valence-corrected chi connectivity index (χ1v) is 5.79. The van der Waals surface area contributed by atoms with Gasteiger partial charge in [-0.1, -0.05) is 0 Å². The topological polar surface area (TPSA) is 53.5 Å². The van der Waals surface area contributed by atoms with Gasteiger partial charge in [0.05, 0.1) is 0 Å². The monoisotopic (exact) mass is 249 g/mol. The number of amides is 1. The predicted molar refractivity (Wildman–Crippen MR) is 69.8 cm³/mol. The quantitative estimate of drug-likeness (QED) is 0.728. The van der Waals surface area contributed by atoms with Gasteiger partial charge < -0.3 is 9.80 Å². The van der Waals surface area contributed by atoms with Gasteiger partial charge in [0.15, 0.2) is 5.78 Å². The molecular weight excluding hydrogens is 230 g/mol. The molecule has 5 heteroatoms. The van der Waals surface area contributed by atoms with Crippen molar-refractivity contribution >= 4 is 11.7 Å². The lowest BCUT2D eigenvalue weighted by Gasteiger charge is -2.20. The van der Waals surface area contributed by atoms with E-state index in [9.17, 15) is 9.59 Å². The van der Waals surface area contributed by atoms with E-state index in [1.165, 1.54) is 13.1 Å². The number of hydrogen-bond acceptors (Lipinski definition) is 4. The smallest absolute Gasteiger partial charge is 0.272 e. The molecule has 0 aliphatic heterocycles. The Morgan fingerprint density at radius 2 is 1.89 bits per heavy atom. The SMILES string of the molecule is CC(=O)c1cccnc1C(=O)N(C)CCN(C)C. The summed E-state index contributed by atoms with van der Waals surface area (Å²) in [5, 5.41) is 0. The van der Waals surface area contributed by atoms with Gasteiger partial charge in [0.1, 0.15) is 5.69 Å². The molecule has 18 heavy (non-hydrogen) atoms. The molecule has 0 atom stereocenters. The summed E-state index contributed by atoms with van der Waals surface area (Å²) in [4.78, 5) is 31.2. The summed E-state index contributed by atoms with van der Waals surface area (Å²) in [5.41, 5.74) is 0.602. The minimum absolute atomic E-state index is 0.146. The first kappa shape index (κ1) is 14.3. The second kappa shape index (κ2) is 6.26. The summed E-state index contributed by atoms with van der Waals surface area (Å²) in [7, 11) is 5.60. The minimum Gasteiger partial charge on any atom is -0.339 e. The van der Waals surface area contributed by atoms with Crippen LogP contribution in [0.3, 0.4) is 0 Å². The average Bonchev–Trinajstić information content (AvgIpc) is 2.34. The fraction of sp³-hybridized carbons (Fsp3) is 0.462. The van der Waals surface area contributed by atoms with Gasteiger partial charge in [0, 0.05) is 31.9 Å². The number of carbonyl (C=O) groups is 2. The van der Waals surface area contributed by atoms with Gasteiger partial charge in [-0.3, -0.25) is 14.6 Å². The van der Waals surface area contributed by atoms with Gasteiger partial charge >= 0.3 is 0 Å². The molecule has 0 saturated carbocycles. The first-order chi connectivity index (χ1) is 8.43. The second-order valence-corrected chi connectivity index (χ2v) is 4.49. The highest BCUT2D eigenvalue weighted by Gasteiger charge is 2.18. The molecule has 0 N–H and O–H groups in total. The van der Waals surface area contributed by atoms with Gasteiger partial charge in [-0.15, -0.1) is 0 Å². The number of pyridine rings is 1. The van der Waals surface area contributed by atoms with E-state index in [0.717, 1.165) is 6.54 Å². The summed E-state index contributed by atoms with van der Waals surface area (Å²) in [6.45, 7) is 2.80. The summed E-state index contributed by atoms with van der Waals surface area (Å²) >= 11 is 0. The van der Waals surface area contributed by atoms with E-state index in [0.29, 0.717) is 12.1 Å². The maximum absolute atomic E-state index is 12.2. The Balaban J connectivity index is 2.86. The van der Waals surface area contributed by atoms with Gasteiger partial charge in [-0.2, -0.15) is 0 Å². The number of ketones is 1. The van der Waals surface area contributed by atoms with Crippen LogP contribution in [0.2, 0.25) is 0 Å². The van der Waals surface area contributed by atoms with Crippen molar-refractivity contribution < 1.29 is 9.59 Å². The number of carbonyl (C=O) groups excluding carboxylic acids is 2. The van der Waals surface area contributed by atoms with Gasteiger partial charge in [-0.05, 0) is 33.2 Å². The Hall–Kier alpha value is -1.75. The fourth-order valence-electron chi connectivity index (χ4n) is 1.49. The molecule has 0 radical (unpaired) electrons. The Kier molecular flexibility index (Phi) is 4.97. The number of Topliss-reactive ketones (excluding diaryl/α,β-unsaturated/α-hetero) is 1. The number of aromatic nitrogens is 1. The van der Waals surface area contributed by atoms with Crippen molar-refractivity contribution in [3.05, 3.63) is 29.6 Å². The molecule has 0 fully saturated rings. The molecule has 1 rings (SSSR count). The van der Waals surface area contributed by atoms with Crippen LogP contribution < -0.4 is 0 Å². The highest BCUT2D eigenvalue weighted by molar-refractivity contribution is 6.05. The molecular formula is C13H19N3O2. The Morgan fingerprint density at radius 1 is 1.22 bits per heavy atom. The first-order valence-electron chi connectivity index (χ1n) is 5.79. The van der Waals surface area contributed by atoms with E-state index in [4.69, 9.17) is 0 Å². The third-order valence-electron chi connectivity index (χ3n) is 2.62. The van der Waals surface area contributed by atoms with Crippen LogP contribution in [0.4, 0.5) is 0 Å². The van der Waals surface area contributed by atoms with E-state index in [1.54, 1.807) is 24.1 Å². The number of hydrogen-bond donors (Lipinski definition) is 0. The third kappa shape index (κ3) is 3.63. The van der Waals surface area contributed by atoms with Crippen molar-refractivity contribution in [2.45, 2.75) is 6.92 Å². The highest BCUT2D eigenvalue weighted by Crippen LogP contribution is 2.08. The summed E-state index contributed by atoms with van der Waals surface area (Å²) in [6, 6.07) is 3.29. The van der Waals surface area contributed by atoms with E-state index in [1.807, 2.05) is 19.0 Å². The van der Waals surface area contributed by atoms with Crippen molar-refractivity contribution in [1.29, 1.82) is 0 Å². The zero-order valence-electron chi connectivity index (χ0n) is 11.3. The lowest BCUT2D eigenvalue weighted by atomic mass is 10.1. The van der Waals surface area contributed by atoms with Gasteiger partial charge in [0.25, 0.3) is 5.91 Å². The third-order valence-corrected chi connectivity index (χ3v) is 2.62. The Morgan fingerprint density at radius 3 is 2.44 bits per heavy atom. The molecule has 5 nitrogen and oxygen atoms in total. The van der Waals surface area contributed by atoms with Crippen LogP contribution in [-0.2, 0) is 0 Å². The van der Waals surface area contributed by atoms with Crippen LogP contribution in [-0.4, -0.2) is 60.7 Å². The van der Waals surface area contributed by atoms with Crippen molar-refractivity contribution in [1.82, 2.24) is 14.8 Å². The van der Waals surface area contributed by atoms with Crippen LogP contribution in [0.15, 0.2) is 18.3 Å². The van der Waals surface area contributed by atoms with Crippen molar-refractivity contribution in [2.24, 2.45) is 0 Å². The van der Waals surface area contributed by atoms with Crippen LogP contribution in [0, 0.1) is 0 Å². The second-order valence-electron chi connectivity index (χ2n) is 4.49. The molecule has 1 heterocycles. The van der Waals surface area contributed by atoms with Crippen molar-refractivity contribution in [3.8, 4) is 0 Å². The lowest BCUT2D eigenvalue weighted by Crippen LogP contribution is -2.34. The Labute approximate surface area is 107 Å². The minimum atomic E-state index is -0.220. The number of nitrogens with zero attached hydrogens (tertiary/aromatic N) is 3. The van der Waals surface area contributed by atoms with Crippen LogP contribution >= 0.6 is 0 Å². The Bertz CT molecular complexity index is 444. The molecule has 0 spiro atoms. The highest BCUT2D eigenvalue weighted by atomic mass is 16.2. The predicted octanol–water partition coefficient (Wildman–Crippen LogP) is 0.918. The van der Waals surface area contributed by atoms with Gasteiger partial charge in [0.2, 0.25) is 0 Å². The largest absolute Gasteiger partial charge is 0.339 e. The molecule has 0 aliphatic rings. The summed E-state index contributed by atoms with van der Waals surface area (Å²) < 4.78 is 0. The standard InChI is InChI=1S/C13H19N3O2/c1-10(17)11-6-5-7-14-12(11)13(18)16(4)9-8-15(2)3/h5-7H,8-9H2,1-4H3. The van der Waals surface area contributed by atoms with Gasteiger partial charge in [-0.25, -0.2) is 0 Å². The maximum atomic E-state index is 12.2.